The fourth-order valence-corrected chi connectivity index (χ4v) is 2.73. The minimum atomic E-state index is -1.95. The molecule has 9 heteroatoms. The van der Waals surface area contributed by atoms with Gasteiger partial charge in [-0.15, -0.1) is 0 Å². The number of methoxy groups -OCH3 is 1. The van der Waals surface area contributed by atoms with E-state index in [2.05, 4.69) is 15.4 Å². The molecule has 0 bridgehead atoms. The summed E-state index contributed by atoms with van der Waals surface area (Å²) < 4.78 is 17.6. The van der Waals surface area contributed by atoms with Gasteiger partial charge in [-0.1, -0.05) is 0 Å². The molecule has 24 heavy (non-hydrogen) atoms. The summed E-state index contributed by atoms with van der Waals surface area (Å²) in [5, 5.41) is 13.9. The van der Waals surface area contributed by atoms with Gasteiger partial charge in [0.15, 0.2) is 22.4 Å². The van der Waals surface area contributed by atoms with Crippen LogP contribution in [-0.2, 0) is 14.3 Å². The van der Waals surface area contributed by atoms with Crippen LogP contribution in [0.1, 0.15) is 16.8 Å². The summed E-state index contributed by atoms with van der Waals surface area (Å²) in [5.74, 6) is -4.41. The Labute approximate surface area is 141 Å². The van der Waals surface area contributed by atoms with Crippen LogP contribution in [0.2, 0.25) is 0 Å². The predicted molar refractivity (Wildman–Crippen MR) is 83.1 cm³/mol. The number of ketones is 1. The summed E-state index contributed by atoms with van der Waals surface area (Å²) in [6, 6.07) is 6.36. The molecule has 1 saturated heterocycles. The molecule has 0 saturated carbocycles. The summed E-state index contributed by atoms with van der Waals surface area (Å²) >= 11 is 4.87. The van der Waals surface area contributed by atoms with E-state index in [-0.39, 0.29) is 10.7 Å². The lowest BCUT2D eigenvalue weighted by Crippen LogP contribution is -2.70. The van der Waals surface area contributed by atoms with Crippen molar-refractivity contribution in [2.75, 3.05) is 7.11 Å². The van der Waals surface area contributed by atoms with Gasteiger partial charge in [-0.2, -0.15) is 5.26 Å². The Morgan fingerprint density at radius 2 is 2.04 bits per heavy atom. The van der Waals surface area contributed by atoms with Crippen molar-refractivity contribution in [3.05, 3.63) is 35.6 Å². The second-order valence-corrected chi connectivity index (χ2v) is 5.48. The maximum Gasteiger partial charge on any atom is 0.334 e. The fourth-order valence-electron chi connectivity index (χ4n) is 2.44. The van der Waals surface area contributed by atoms with E-state index in [1.54, 1.807) is 6.07 Å². The Morgan fingerprint density at radius 3 is 2.58 bits per heavy atom. The highest BCUT2D eigenvalue weighted by Gasteiger charge is 2.55. The van der Waals surface area contributed by atoms with E-state index >= 15 is 0 Å². The van der Waals surface area contributed by atoms with Crippen LogP contribution in [0.25, 0.3) is 0 Å². The number of esters is 1. The molecule has 124 valence electrons. The van der Waals surface area contributed by atoms with Crippen molar-refractivity contribution < 1.29 is 23.5 Å². The maximum atomic E-state index is 13.0. The standard InChI is InChI=1S/C15H12FN3O4S/c1-23-13(22)15(10(7-17)12(21)18-14(24)19-15)6-11(20)8-2-4-9(16)5-3-8/h2-5,10H,6H2,1H3,(H2,18,19,21,24). The highest BCUT2D eigenvalue weighted by Crippen LogP contribution is 2.28. The number of carbonyl (C=O) groups excluding carboxylic acids is 3. The average molecular weight is 349 g/mol. The van der Waals surface area contributed by atoms with Crippen LogP contribution >= 0.6 is 12.2 Å². The lowest BCUT2D eigenvalue weighted by molar-refractivity contribution is -0.152. The zero-order chi connectivity index (χ0) is 17.9. The molecule has 1 heterocycles. The first kappa shape index (κ1) is 17.5. The van der Waals surface area contributed by atoms with Gasteiger partial charge < -0.3 is 15.4 Å². The second kappa shape index (κ2) is 6.72. The first-order valence-electron chi connectivity index (χ1n) is 6.74. The molecule has 2 rings (SSSR count). The quantitative estimate of drug-likeness (QED) is 0.462. The number of thiocarbonyl (C=S) groups is 1. The third kappa shape index (κ3) is 3.09. The van der Waals surface area contributed by atoms with Gasteiger partial charge in [0.25, 0.3) is 0 Å². The van der Waals surface area contributed by atoms with Crippen LogP contribution in [-0.4, -0.2) is 35.4 Å². The first-order chi connectivity index (χ1) is 11.3. The number of halogens is 1. The van der Waals surface area contributed by atoms with Crippen LogP contribution in [0.5, 0.6) is 0 Å². The zero-order valence-corrected chi connectivity index (χ0v) is 13.3. The van der Waals surface area contributed by atoms with Crippen LogP contribution in [0.3, 0.4) is 0 Å². The topological polar surface area (TPSA) is 108 Å². The number of rotatable bonds is 4. The maximum absolute atomic E-state index is 13.0. The Morgan fingerprint density at radius 1 is 1.42 bits per heavy atom. The molecule has 2 N–H and O–H groups in total. The van der Waals surface area contributed by atoms with E-state index in [0.29, 0.717) is 0 Å². The van der Waals surface area contributed by atoms with E-state index in [0.717, 1.165) is 19.2 Å². The van der Waals surface area contributed by atoms with Gasteiger partial charge in [-0.3, -0.25) is 9.59 Å². The summed E-state index contributed by atoms with van der Waals surface area (Å²) in [4.78, 5) is 36.8. The van der Waals surface area contributed by atoms with Crippen molar-refractivity contribution in [3.8, 4) is 6.07 Å². The van der Waals surface area contributed by atoms with Gasteiger partial charge in [0, 0.05) is 12.0 Å². The number of nitriles is 1. The highest BCUT2D eigenvalue weighted by atomic mass is 32.1. The Bertz CT molecular complexity index is 759. The van der Waals surface area contributed by atoms with Crippen LogP contribution in [0.4, 0.5) is 4.39 Å². The SMILES string of the molecule is COC(=O)C1(CC(=O)c2ccc(F)cc2)NC(=S)NC(=O)C1C#N. The Kier molecular flexibility index (Phi) is 4.90. The van der Waals surface area contributed by atoms with Crippen molar-refractivity contribution in [1.82, 2.24) is 10.6 Å². The lowest BCUT2D eigenvalue weighted by atomic mass is 9.77. The number of carbonyl (C=O) groups is 3. The van der Waals surface area contributed by atoms with Gasteiger partial charge in [0.05, 0.1) is 13.2 Å². The average Bonchev–Trinajstić information content (AvgIpc) is 2.54. The number of benzene rings is 1. The Balaban J connectivity index is 2.44. The molecule has 1 aromatic carbocycles. The van der Waals surface area contributed by atoms with Gasteiger partial charge in [-0.25, -0.2) is 9.18 Å². The minimum absolute atomic E-state index is 0.120. The summed E-state index contributed by atoms with van der Waals surface area (Å²) in [6.45, 7) is 0. The molecule has 0 radical (unpaired) electrons. The molecule has 1 aliphatic rings. The highest BCUT2D eigenvalue weighted by molar-refractivity contribution is 7.80. The van der Waals surface area contributed by atoms with E-state index in [9.17, 15) is 24.0 Å². The van der Waals surface area contributed by atoms with Crippen LogP contribution in [0, 0.1) is 23.1 Å². The fraction of sp³-hybridized carbons (Fsp3) is 0.267. The monoisotopic (exact) mass is 349 g/mol. The number of nitrogens with one attached hydrogen (secondary N) is 2. The van der Waals surface area contributed by atoms with E-state index < -0.39 is 41.4 Å². The number of Topliss-reactive ketones (excluding diaryl/α,β-unsaturated/α-hetero) is 1. The van der Waals surface area contributed by atoms with E-state index in [4.69, 9.17) is 12.2 Å². The number of hydrogen-bond donors (Lipinski definition) is 2. The molecule has 2 unspecified atom stereocenters. The summed E-state index contributed by atoms with van der Waals surface area (Å²) in [7, 11) is 1.07. The Hall–Kier alpha value is -2.86. The zero-order valence-electron chi connectivity index (χ0n) is 12.5. The summed E-state index contributed by atoms with van der Waals surface area (Å²) in [6.07, 6.45) is -0.558. The van der Waals surface area contributed by atoms with Crippen molar-refractivity contribution in [1.29, 1.82) is 5.26 Å². The molecule has 1 amide bonds. The van der Waals surface area contributed by atoms with Crippen molar-refractivity contribution in [2.45, 2.75) is 12.0 Å². The molecular formula is C15H12FN3O4S. The number of nitrogens with zero attached hydrogens (tertiary/aromatic N) is 1. The van der Waals surface area contributed by atoms with Gasteiger partial charge >= 0.3 is 5.97 Å². The third-order valence-electron chi connectivity index (χ3n) is 3.61. The molecule has 0 aliphatic carbocycles. The van der Waals surface area contributed by atoms with E-state index in [1.165, 1.54) is 12.1 Å². The number of ether oxygens (including phenoxy) is 1. The largest absolute Gasteiger partial charge is 0.467 e. The van der Waals surface area contributed by atoms with Crippen molar-refractivity contribution in [3.63, 3.8) is 0 Å². The lowest BCUT2D eigenvalue weighted by Gasteiger charge is -2.38. The van der Waals surface area contributed by atoms with Gasteiger partial charge in [0.2, 0.25) is 5.91 Å². The molecule has 1 aromatic rings. The molecule has 0 spiro atoms. The minimum Gasteiger partial charge on any atom is -0.467 e. The smallest absolute Gasteiger partial charge is 0.334 e. The van der Waals surface area contributed by atoms with Crippen LogP contribution in [0.15, 0.2) is 24.3 Å². The van der Waals surface area contributed by atoms with Crippen molar-refractivity contribution >= 4 is 35.0 Å². The molecule has 2 atom stereocenters. The number of amides is 1. The molecular weight excluding hydrogens is 337 g/mol. The third-order valence-corrected chi connectivity index (χ3v) is 3.82. The second-order valence-electron chi connectivity index (χ2n) is 5.08. The van der Waals surface area contributed by atoms with E-state index in [1.807, 2.05) is 0 Å². The molecule has 1 aliphatic heterocycles. The number of hydrogen-bond acceptors (Lipinski definition) is 6. The predicted octanol–water partition coefficient (Wildman–Crippen LogP) is 0.454. The van der Waals surface area contributed by atoms with Crippen LogP contribution < -0.4 is 10.6 Å². The molecule has 7 nitrogen and oxygen atoms in total. The van der Waals surface area contributed by atoms with Gasteiger partial charge in [-0.05, 0) is 36.5 Å². The molecule has 1 fully saturated rings. The summed E-state index contributed by atoms with van der Waals surface area (Å²) in [5.41, 5.74) is -1.83. The van der Waals surface area contributed by atoms with Gasteiger partial charge in [0.1, 0.15) is 5.82 Å². The normalized spacial score (nSPS) is 22.8. The molecule has 0 aromatic heterocycles. The van der Waals surface area contributed by atoms with Crippen molar-refractivity contribution in [2.24, 2.45) is 5.92 Å². The first-order valence-corrected chi connectivity index (χ1v) is 7.14.